The van der Waals surface area contributed by atoms with Gasteiger partial charge in [0.15, 0.2) is 0 Å². The fourth-order valence-corrected chi connectivity index (χ4v) is 3.14. The lowest BCUT2D eigenvalue weighted by Gasteiger charge is -2.35. The van der Waals surface area contributed by atoms with E-state index in [2.05, 4.69) is 6.92 Å². The van der Waals surface area contributed by atoms with Gasteiger partial charge in [-0.05, 0) is 30.0 Å². The number of piperazine rings is 1. The van der Waals surface area contributed by atoms with Gasteiger partial charge >= 0.3 is 0 Å². The van der Waals surface area contributed by atoms with Gasteiger partial charge < -0.3 is 14.5 Å². The van der Waals surface area contributed by atoms with E-state index in [1.54, 1.807) is 43.1 Å². The monoisotopic (exact) mass is 336 g/mol. The zero-order chi connectivity index (χ0) is 16.7. The van der Waals surface area contributed by atoms with Crippen LogP contribution in [0.1, 0.15) is 23.7 Å². The van der Waals surface area contributed by atoms with Crippen LogP contribution >= 0.6 is 11.8 Å². The summed E-state index contributed by atoms with van der Waals surface area (Å²) in [5.41, 5.74) is 0.657. The predicted molar refractivity (Wildman–Crippen MR) is 93.1 cm³/mol. The van der Waals surface area contributed by atoms with Crippen LogP contribution < -0.4 is 4.74 Å². The molecule has 2 amide bonds. The van der Waals surface area contributed by atoms with E-state index < -0.39 is 0 Å². The van der Waals surface area contributed by atoms with E-state index in [1.807, 2.05) is 9.80 Å². The summed E-state index contributed by atoms with van der Waals surface area (Å²) < 4.78 is 5.10. The van der Waals surface area contributed by atoms with Gasteiger partial charge in [0.2, 0.25) is 5.91 Å². The molecule has 0 unspecified atom stereocenters. The Hall–Kier alpha value is -1.69. The highest BCUT2D eigenvalue weighted by atomic mass is 32.2. The van der Waals surface area contributed by atoms with E-state index in [0.717, 1.165) is 17.3 Å². The number of carbonyl (C=O) groups is 2. The first-order chi connectivity index (χ1) is 11.2. The molecule has 1 fully saturated rings. The minimum Gasteiger partial charge on any atom is -0.497 e. The zero-order valence-electron chi connectivity index (χ0n) is 13.8. The number of ether oxygens (including phenoxy) is 1. The Morgan fingerprint density at radius 2 is 1.70 bits per heavy atom. The van der Waals surface area contributed by atoms with Gasteiger partial charge in [-0.3, -0.25) is 9.59 Å². The average Bonchev–Trinajstić information content (AvgIpc) is 2.61. The number of amides is 2. The molecule has 5 nitrogen and oxygen atoms in total. The maximum absolute atomic E-state index is 12.5. The molecule has 1 aromatic rings. The fraction of sp³-hybridized carbons (Fsp3) is 0.529. The molecular formula is C17H24N2O3S. The lowest BCUT2D eigenvalue weighted by atomic mass is 10.1. The van der Waals surface area contributed by atoms with Gasteiger partial charge in [-0.15, -0.1) is 0 Å². The van der Waals surface area contributed by atoms with Crippen molar-refractivity contribution >= 4 is 23.6 Å². The SMILES string of the molecule is CCSCCC(=O)N1CCN(C(=O)c2ccc(OC)cc2)CC1. The van der Waals surface area contributed by atoms with Crippen molar-refractivity contribution in [2.75, 3.05) is 44.8 Å². The average molecular weight is 336 g/mol. The second-order valence-corrected chi connectivity index (χ2v) is 6.74. The van der Waals surface area contributed by atoms with E-state index in [4.69, 9.17) is 4.74 Å². The lowest BCUT2D eigenvalue weighted by Crippen LogP contribution is -2.50. The van der Waals surface area contributed by atoms with Crippen LogP contribution in [0.3, 0.4) is 0 Å². The minimum atomic E-state index is 0.0151. The molecule has 1 saturated heterocycles. The van der Waals surface area contributed by atoms with E-state index in [9.17, 15) is 9.59 Å². The van der Waals surface area contributed by atoms with Crippen molar-refractivity contribution in [3.63, 3.8) is 0 Å². The van der Waals surface area contributed by atoms with Crippen LogP contribution in [0.25, 0.3) is 0 Å². The molecule has 2 rings (SSSR count). The molecule has 0 N–H and O–H groups in total. The predicted octanol–water partition coefficient (Wildman–Crippen LogP) is 2.12. The van der Waals surface area contributed by atoms with Gasteiger partial charge in [0.25, 0.3) is 5.91 Å². The van der Waals surface area contributed by atoms with E-state index in [0.29, 0.717) is 38.2 Å². The van der Waals surface area contributed by atoms with E-state index in [1.165, 1.54) is 0 Å². The largest absolute Gasteiger partial charge is 0.497 e. The van der Waals surface area contributed by atoms with Crippen LogP contribution in [0.5, 0.6) is 5.75 Å². The molecular weight excluding hydrogens is 312 g/mol. The van der Waals surface area contributed by atoms with E-state index >= 15 is 0 Å². The fourth-order valence-electron chi connectivity index (χ4n) is 2.54. The molecule has 0 aliphatic carbocycles. The molecule has 1 aliphatic rings. The summed E-state index contributed by atoms with van der Waals surface area (Å²) in [5, 5.41) is 0. The van der Waals surface area contributed by atoms with Crippen molar-refractivity contribution in [3.05, 3.63) is 29.8 Å². The Balaban J connectivity index is 1.83. The zero-order valence-corrected chi connectivity index (χ0v) is 14.6. The summed E-state index contributed by atoms with van der Waals surface area (Å²) in [7, 11) is 1.60. The van der Waals surface area contributed by atoms with Crippen LogP contribution in [-0.4, -0.2) is 66.4 Å². The van der Waals surface area contributed by atoms with Crippen molar-refractivity contribution < 1.29 is 14.3 Å². The molecule has 0 spiro atoms. The highest BCUT2D eigenvalue weighted by molar-refractivity contribution is 7.99. The minimum absolute atomic E-state index is 0.0151. The first-order valence-corrected chi connectivity index (χ1v) is 9.10. The summed E-state index contributed by atoms with van der Waals surface area (Å²) >= 11 is 1.78. The van der Waals surface area contributed by atoms with Crippen molar-refractivity contribution in [3.8, 4) is 5.75 Å². The molecule has 0 bridgehead atoms. The Bertz CT molecular complexity index is 525. The summed E-state index contributed by atoms with van der Waals surface area (Å²) in [6.45, 7) is 4.53. The second kappa shape index (κ2) is 8.82. The van der Waals surface area contributed by atoms with Gasteiger partial charge in [0, 0.05) is 43.9 Å². The van der Waals surface area contributed by atoms with Gasteiger partial charge in [0.1, 0.15) is 5.75 Å². The van der Waals surface area contributed by atoms with Crippen molar-refractivity contribution in [2.24, 2.45) is 0 Å². The smallest absolute Gasteiger partial charge is 0.253 e. The molecule has 1 aliphatic heterocycles. The second-order valence-electron chi connectivity index (χ2n) is 5.35. The molecule has 0 saturated carbocycles. The van der Waals surface area contributed by atoms with Gasteiger partial charge in [-0.2, -0.15) is 11.8 Å². The number of nitrogens with zero attached hydrogens (tertiary/aromatic N) is 2. The van der Waals surface area contributed by atoms with Crippen LogP contribution in [0.15, 0.2) is 24.3 Å². The molecule has 0 atom stereocenters. The third-order valence-electron chi connectivity index (χ3n) is 3.92. The third-order valence-corrected chi connectivity index (χ3v) is 4.82. The maximum Gasteiger partial charge on any atom is 0.253 e. The van der Waals surface area contributed by atoms with Crippen LogP contribution in [-0.2, 0) is 4.79 Å². The first-order valence-electron chi connectivity index (χ1n) is 7.94. The molecule has 0 aromatic heterocycles. The van der Waals surface area contributed by atoms with E-state index in [-0.39, 0.29) is 11.8 Å². The molecule has 6 heteroatoms. The number of methoxy groups -OCH3 is 1. The number of thioether (sulfide) groups is 1. The third kappa shape index (κ3) is 4.89. The summed E-state index contributed by atoms with van der Waals surface area (Å²) in [4.78, 5) is 28.2. The molecule has 1 aromatic carbocycles. The Morgan fingerprint density at radius 1 is 1.09 bits per heavy atom. The first kappa shape index (κ1) is 17.7. The maximum atomic E-state index is 12.5. The summed E-state index contributed by atoms with van der Waals surface area (Å²) in [5.74, 6) is 2.86. The Morgan fingerprint density at radius 3 is 2.26 bits per heavy atom. The molecule has 126 valence electrons. The van der Waals surface area contributed by atoms with Crippen molar-refractivity contribution in [2.45, 2.75) is 13.3 Å². The number of hydrogen-bond acceptors (Lipinski definition) is 4. The number of rotatable bonds is 6. The summed E-state index contributed by atoms with van der Waals surface area (Å²) in [6, 6.07) is 7.14. The van der Waals surface area contributed by atoms with Crippen molar-refractivity contribution in [1.29, 1.82) is 0 Å². The van der Waals surface area contributed by atoms with Gasteiger partial charge in [-0.1, -0.05) is 6.92 Å². The lowest BCUT2D eigenvalue weighted by molar-refractivity contribution is -0.132. The van der Waals surface area contributed by atoms with Gasteiger partial charge in [0.05, 0.1) is 7.11 Å². The van der Waals surface area contributed by atoms with Crippen LogP contribution in [0.4, 0.5) is 0 Å². The normalized spacial score (nSPS) is 14.7. The Labute approximate surface area is 142 Å². The summed E-state index contributed by atoms with van der Waals surface area (Å²) in [6.07, 6.45) is 0.588. The number of carbonyl (C=O) groups excluding carboxylic acids is 2. The Kier molecular flexibility index (Phi) is 6.77. The number of benzene rings is 1. The number of hydrogen-bond donors (Lipinski definition) is 0. The highest BCUT2D eigenvalue weighted by Crippen LogP contribution is 2.15. The molecule has 1 heterocycles. The topological polar surface area (TPSA) is 49.9 Å². The standard InChI is InChI=1S/C17H24N2O3S/c1-3-23-13-8-16(20)18-9-11-19(12-10-18)17(21)14-4-6-15(22-2)7-5-14/h4-7H,3,8-13H2,1-2H3. The molecule has 0 radical (unpaired) electrons. The highest BCUT2D eigenvalue weighted by Gasteiger charge is 2.24. The quantitative estimate of drug-likeness (QED) is 0.747. The van der Waals surface area contributed by atoms with Gasteiger partial charge in [-0.25, -0.2) is 0 Å². The molecule has 23 heavy (non-hydrogen) atoms. The van der Waals surface area contributed by atoms with Crippen molar-refractivity contribution in [1.82, 2.24) is 9.80 Å². The van der Waals surface area contributed by atoms with Crippen LogP contribution in [0, 0.1) is 0 Å². The van der Waals surface area contributed by atoms with Crippen LogP contribution in [0.2, 0.25) is 0 Å².